The Bertz CT molecular complexity index is 443. The molecule has 0 atom stereocenters. The molecule has 5 heteroatoms. The summed E-state index contributed by atoms with van der Waals surface area (Å²) >= 11 is 3.34. The van der Waals surface area contributed by atoms with Gasteiger partial charge in [0.25, 0.3) is 0 Å². The molecule has 4 nitrogen and oxygen atoms in total. The topological polar surface area (TPSA) is 49.4 Å². The minimum atomic E-state index is -0.151. The Kier molecular flexibility index (Phi) is 6.02. The van der Waals surface area contributed by atoms with E-state index in [1.165, 1.54) is 11.8 Å². The predicted octanol–water partition coefficient (Wildman–Crippen LogP) is 2.57. The number of anilines is 1. The quantitative estimate of drug-likeness (QED) is 0.904. The standard InChI is InChI=1S/C14H19BrN2O2/c1-10(2)8-16-14(19)9-17(11(3)18)13-6-4-12(15)5-7-13/h4-7,10H,8-9H2,1-3H3,(H,16,19). The summed E-state index contributed by atoms with van der Waals surface area (Å²) in [5.41, 5.74) is 0.718. The number of halogens is 1. The second kappa shape index (κ2) is 7.28. The first-order valence-corrected chi connectivity index (χ1v) is 7.00. The van der Waals surface area contributed by atoms with Gasteiger partial charge in [0.1, 0.15) is 6.54 Å². The predicted molar refractivity (Wildman–Crippen MR) is 80.0 cm³/mol. The van der Waals surface area contributed by atoms with Crippen molar-refractivity contribution >= 4 is 33.4 Å². The summed E-state index contributed by atoms with van der Waals surface area (Å²) in [5.74, 6) is 0.0937. The highest BCUT2D eigenvalue weighted by atomic mass is 79.9. The molecule has 0 spiro atoms. The van der Waals surface area contributed by atoms with Crippen LogP contribution in [0.3, 0.4) is 0 Å². The third-order valence-electron chi connectivity index (χ3n) is 2.53. The summed E-state index contributed by atoms with van der Waals surface area (Å²) < 4.78 is 0.934. The van der Waals surface area contributed by atoms with E-state index in [0.29, 0.717) is 12.5 Å². The first-order chi connectivity index (χ1) is 8.90. The molecule has 0 saturated heterocycles. The Balaban J connectivity index is 2.71. The third kappa shape index (κ3) is 5.42. The summed E-state index contributed by atoms with van der Waals surface area (Å²) in [6, 6.07) is 7.30. The molecule has 1 aromatic rings. The van der Waals surface area contributed by atoms with Crippen LogP contribution in [0.15, 0.2) is 28.7 Å². The summed E-state index contributed by atoms with van der Waals surface area (Å²) in [7, 11) is 0. The van der Waals surface area contributed by atoms with Gasteiger partial charge in [-0.1, -0.05) is 29.8 Å². The Morgan fingerprint density at radius 2 is 1.84 bits per heavy atom. The average molecular weight is 327 g/mol. The smallest absolute Gasteiger partial charge is 0.240 e. The lowest BCUT2D eigenvalue weighted by Gasteiger charge is -2.21. The van der Waals surface area contributed by atoms with Crippen LogP contribution in [0.5, 0.6) is 0 Å². The van der Waals surface area contributed by atoms with Gasteiger partial charge in [0, 0.05) is 23.6 Å². The fourth-order valence-electron chi connectivity index (χ4n) is 1.52. The maximum atomic E-state index is 11.8. The zero-order valence-electron chi connectivity index (χ0n) is 11.4. The van der Waals surface area contributed by atoms with Crippen molar-refractivity contribution in [2.24, 2.45) is 5.92 Å². The van der Waals surface area contributed by atoms with Crippen LogP contribution < -0.4 is 10.2 Å². The van der Waals surface area contributed by atoms with Crippen molar-refractivity contribution in [2.75, 3.05) is 18.0 Å². The van der Waals surface area contributed by atoms with Crippen LogP contribution >= 0.6 is 15.9 Å². The fraction of sp³-hybridized carbons (Fsp3) is 0.429. The van der Waals surface area contributed by atoms with Crippen LogP contribution in [0.4, 0.5) is 5.69 Å². The number of benzene rings is 1. The van der Waals surface area contributed by atoms with E-state index in [9.17, 15) is 9.59 Å². The van der Waals surface area contributed by atoms with E-state index in [-0.39, 0.29) is 18.4 Å². The number of carbonyl (C=O) groups is 2. The zero-order chi connectivity index (χ0) is 14.4. The van der Waals surface area contributed by atoms with Gasteiger partial charge in [-0.2, -0.15) is 0 Å². The molecular weight excluding hydrogens is 308 g/mol. The normalized spacial score (nSPS) is 10.4. The van der Waals surface area contributed by atoms with E-state index in [2.05, 4.69) is 21.2 Å². The number of rotatable bonds is 5. The molecule has 1 N–H and O–H groups in total. The molecule has 1 rings (SSSR count). The van der Waals surface area contributed by atoms with Gasteiger partial charge in [0.2, 0.25) is 11.8 Å². The van der Waals surface area contributed by atoms with Gasteiger partial charge < -0.3 is 10.2 Å². The Hall–Kier alpha value is -1.36. The molecule has 2 amide bonds. The Morgan fingerprint density at radius 3 is 2.32 bits per heavy atom. The molecule has 0 heterocycles. The molecule has 0 aliphatic rings. The number of nitrogens with zero attached hydrogens (tertiary/aromatic N) is 1. The fourth-order valence-corrected chi connectivity index (χ4v) is 1.79. The molecule has 1 aromatic carbocycles. The van der Waals surface area contributed by atoms with Gasteiger partial charge in [0.05, 0.1) is 0 Å². The number of hydrogen-bond donors (Lipinski definition) is 1. The number of amides is 2. The highest BCUT2D eigenvalue weighted by molar-refractivity contribution is 9.10. The van der Waals surface area contributed by atoms with Crippen LogP contribution in [0.2, 0.25) is 0 Å². The number of carbonyl (C=O) groups excluding carboxylic acids is 2. The summed E-state index contributed by atoms with van der Waals surface area (Å²) in [5, 5.41) is 2.81. The van der Waals surface area contributed by atoms with Crippen molar-refractivity contribution in [1.29, 1.82) is 0 Å². The van der Waals surface area contributed by atoms with E-state index in [1.54, 1.807) is 12.1 Å². The number of nitrogens with one attached hydrogen (secondary N) is 1. The minimum absolute atomic E-state index is 0.0453. The molecule has 0 saturated carbocycles. The molecule has 0 aromatic heterocycles. The molecule has 0 unspecified atom stereocenters. The van der Waals surface area contributed by atoms with Gasteiger partial charge in [0.15, 0.2) is 0 Å². The van der Waals surface area contributed by atoms with Gasteiger partial charge in [-0.15, -0.1) is 0 Å². The largest absolute Gasteiger partial charge is 0.354 e. The molecule has 0 radical (unpaired) electrons. The lowest BCUT2D eigenvalue weighted by atomic mass is 10.2. The van der Waals surface area contributed by atoms with E-state index < -0.39 is 0 Å². The van der Waals surface area contributed by atoms with Crippen LogP contribution in [0, 0.1) is 5.92 Å². The molecule has 0 aliphatic carbocycles. The van der Waals surface area contributed by atoms with Crippen molar-refractivity contribution < 1.29 is 9.59 Å². The van der Waals surface area contributed by atoms with E-state index >= 15 is 0 Å². The molecule has 104 valence electrons. The second-order valence-electron chi connectivity index (χ2n) is 4.78. The number of hydrogen-bond acceptors (Lipinski definition) is 2. The Labute approximate surface area is 122 Å². The lowest BCUT2D eigenvalue weighted by molar-refractivity contribution is -0.123. The molecular formula is C14H19BrN2O2. The van der Waals surface area contributed by atoms with Crippen molar-refractivity contribution in [3.05, 3.63) is 28.7 Å². The molecule has 0 bridgehead atoms. The Morgan fingerprint density at radius 1 is 1.26 bits per heavy atom. The second-order valence-corrected chi connectivity index (χ2v) is 5.70. The highest BCUT2D eigenvalue weighted by Crippen LogP contribution is 2.18. The lowest BCUT2D eigenvalue weighted by Crippen LogP contribution is -2.40. The average Bonchev–Trinajstić information content (AvgIpc) is 2.34. The van der Waals surface area contributed by atoms with E-state index in [1.807, 2.05) is 26.0 Å². The molecule has 0 aliphatic heterocycles. The van der Waals surface area contributed by atoms with Gasteiger partial charge in [-0.25, -0.2) is 0 Å². The van der Waals surface area contributed by atoms with Crippen LogP contribution in [-0.4, -0.2) is 24.9 Å². The highest BCUT2D eigenvalue weighted by Gasteiger charge is 2.15. The van der Waals surface area contributed by atoms with E-state index in [0.717, 1.165) is 10.2 Å². The SMILES string of the molecule is CC(=O)N(CC(=O)NCC(C)C)c1ccc(Br)cc1. The van der Waals surface area contributed by atoms with Gasteiger partial charge in [-0.05, 0) is 30.2 Å². The monoisotopic (exact) mass is 326 g/mol. The van der Waals surface area contributed by atoms with Gasteiger partial charge in [-0.3, -0.25) is 9.59 Å². The minimum Gasteiger partial charge on any atom is -0.354 e. The summed E-state index contributed by atoms with van der Waals surface area (Å²) in [6.07, 6.45) is 0. The molecule has 19 heavy (non-hydrogen) atoms. The van der Waals surface area contributed by atoms with Crippen molar-refractivity contribution in [3.8, 4) is 0 Å². The first kappa shape index (κ1) is 15.7. The van der Waals surface area contributed by atoms with Crippen LogP contribution in [0.1, 0.15) is 20.8 Å². The van der Waals surface area contributed by atoms with E-state index in [4.69, 9.17) is 0 Å². The van der Waals surface area contributed by atoms with Gasteiger partial charge >= 0.3 is 0 Å². The van der Waals surface area contributed by atoms with Crippen molar-refractivity contribution in [2.45, 2.75) is 20.8 Å². The van der Waals surface area contributed by atoms with Crippen molar-refractivity contribution in [3.63, 3.8) is 0 Å². The van der Waals surface area contributed by atoms with Crippen molar-refractivity contribution in [1.82, 2.24) is 5.32 Å². The first-order valence-electron chi connectivity index (χ1n) is 6.20. The maximum absolute atomic E-state index is 11.8. The molecule has 0 fully saturated rings. The summed E-state index contributed by atoms with van der Waals surface area (Å²) in [6.45, 7) is 6.17. The maximum Gasteiger partial charge on any atom is 0.240 e. The summed E-state index contributed by atoms with van der Waals surface area (Å²) in [4.78, 5) is 24.9. The van der Waals surface area contributed by atoms with Crippen LogP contribution in [0.25, 0.3) is 0 Å². The van der Waals surface area contributed by atoms with Crippen LogP contribution in [-0.2, 0) is 9.59 Å². The zero-order valence-corrected chi connectivity index (χ0v) is 13.0. The third-order valence-corrected chi connectivity index (χ3v) is 3.06.